The number of fused-ring (bicyclic) bond motifs is 1. The Hall–Kier alpha value is -1.92. The highest BCUT2D eigenvalue weighted by Gasteiger charge is 2.14. The second-order valence-corrected chi connectivity index (χ2v) is 5.15. The summed E-state index contributed by atoms with van der Waals surface area (Å²) in [7, 11) is 1.59. The second kappa shape index (κ2) is 5.83. The quantitative estimate of drug-likeness (QED) is 0.844. The fourth-order valence-electron chi connectivity index (χ4n) is 2.55. The smallest absolute Gasteiger partial charge is 0.262 e. The first-order valence-corrected chi connectivity index (χ1v) is 7.04. The minimum atomic E-state index is -0.0251. The maximum atomic E-state index is 12.7. The lowest BCUT2D eigenvalue weighted by Crippen LogP contribution is -2.40. The van der Waals surface area contributed by atoms with Gasteiger partial charge < -0.3 is 9.47 Å². The van der Waals surface area contributed by atoms with Gasteiger partial charge in [0, 0.05) is 13.1 Å². The van der Waals surface area contributed by atoms with Crippen LogP contribution in [0.5, 0.6) is 5.75 Å². The van der Waals surface area contributed by atoms with E-state index in [9.17, 15) is 4.79 Å². The standard InChI is InChI=1S/C15H19N3O3/c1-11-16-14-4-3-12(20-2)9-13(14)15(19)18(11)10-17-5-7-21-8-6-17/h3-4,9H,5-8,10H2,1-2H3. The van der Waals surface area contributed by atoms with Gasteiger partial charge in [0.05, 0.1) is 37.9 Å². The molecule has 0 bridgehead atoms. The molecule has 1 aromatic heterocycles. The molecule has 0 amide bonds. The van der Waals surface area contributed by atoms with E-state index in [-0.39, 0.29) is 5.56 Å². The molecule has 3 rings (SSSR count). The molecule has 1 aromatic carbocycles. The van der Waals surface area contributed by atoms with E-state index in [4.69, 9.17) is 9.47 Å². The number of rotatable bonds is 3. The monoisotopic (exact) mass is 289 g/mol. The van der Waals surface area contributed by atoms with Crippen molar-refractivity contribution in [2.75, 3.05) is 33.4 Å². The number of aryl methyl sites for hydroxylation is 1. The number of hydrogen-bond acceptors (Lipinski definition) is 5. The average Bonchev–Trinajstić information content (AvgIpc) is 2.52. The number of methoxy groups -OCH3 is 1. The Morgan fingerprint density at radius 3 is 2.81 bits per heavy atom. The van der Waals surface area contributed by atoms with Gasteiger partial charge in [0.25, 0.3) is 5.56 Å². The minimum Gasteiger partial charge on any atom is -0.497 e. The van der Waals surface area contributed by atoms with E-state index >= 15 is 0 Å². The summed E-state index contributed by atoms with van der Waals surface area (Å²) < 4.78 is 12.2. The molecule has 0 radical (unpaired) electrons. The van der Waals surface area contributed by atoms with Gasteiger partial charge in [-0.3, -0.25) is 14.3 Å². The molecule has 0 aliphatic carbocycles. The third-order valence-electron chi connectivity index (χ3n) is 3.80. The van der Waals surface area contributed by atoms with Crippen molar-refractivity contribution in [2.45, 2.75) is 13.6 Å². The molecule has 0 saturated carbocycles. The van der Waals surface area contributed by atoms with E-state index in [2.05, 4.69) is 9.88 Å². The van der Waals surface area contributed by atoms with Gasteiger partial charge in [-0.1, -0.05) is 0 Å². The molecule has 112 valence electrons. The zero-order chi connectivity index (χ0) is 14.8. The molecule has 1 fully saturated rings. The van der Waals surface area contributed by atoms with Crippen LogP contribution in [0, 0.1) is 6.92 Å². The van der Waals surface area contributed by atoms with Gasteiger partial charge in [0.15, 0.2) is 0 Å². The lowest BCUT2D eigenvalue weighted by molar-refractivity contribution is 0.0224. The summed E-state index contributed by atoms with van der Waals surface area (Å²) in [5.41, 5.74) is 0.680. The van der Waals surface area contributed by atoms with Crippen molar-refractivity contribution in [3.8, 4) is 5.75 Å². The molecule has 0 N–H and O–H groups in total. The van der Waals surface area contributed by atoms with Gasteiger partial charge >= 0.3 is 0 Å². The number of ether oxygens (including phenoxy) is 2. The maximum absolute atomic E-state index is 12.7. The fourth-order valence-corrected chi connectivity index (χ4v) is 2.55. The Morgan fingerprint density at radius 1 is 1.33 bits per heavy atom. The molecule has 0 atom stereocenters. The van der Waals surface area contributed by atoms with Gasteiger partial charge in [-0.15, -0.1) is 0 Å². The van der Waals surface area contributed by atoms with E-state index in [1.54, 1.807) is 17.7 Å². The maximum Gasteiger partial charge on any atom is 0.262 e. The van der Waals surface area contributed by atoms with Crippen LogP contribution in [0.4, 0.5) is 0 Å². The summed E-state index contributed by atoms with van der Waals surface area (Å²) in [5, 5.41) is 0.591. The first-order chi connectivity index (χ1) is 10.2. The van der Waals surface area contributed by atoms with Crippen molar-refractivity contribution in [3.05, 3.63) is 34.4 Å². The van der Waals surface area contributed by atoms with E-state index in [1.807, 2.05) is 19.1 Å². The predicted molar refractivity (Wildman–Crippen MR) is 79.7 cm³/mol. The molecule has 6 nitrogen and oxygen atoms in total. The zero-order valence-electron chi connectivity index (χ0n) is 12.3. The summed E-state index contributed by atoms with van der Waals surface area (Å²) in [6, 6.07) is 5.39. The van der Waals surface area contributed by atoms with Crippen LogP contribution in [-0.4, -0.2) is 47.9 Å². The van der Waals surface area contributed by atoms with Crippen LogP contribution < -0.4 is 10.3 Å². The van der Waals surface area contributed by atoms with E-state index in [0.717, 1.165) is 18.9 Å². The normalized spacial score (nSPS) is 16.3. The highest BCUT2D eigenvalue weighted by atomic mass is 16.5. The molecule has 21 heavy (non-hydrogen) atoms. The molecular formula is C15H19N3O3. The van der Waals surface area contributed by atoms with Crippen LogP contribution in [0.15, 0.2) is 23.0 Å². The molecule has 1 saturated heterocycles. The molecule has 1 aliphatic heterocycles. The van der Waals surface area contributed by atoms with Crippen molar-refractivity contribution in [1.82, 2.24) is 14.5 Å². The highest BCUT2D eigenvalue weighted by molar-refractivity contribution is 5.79. The van der Waals surface area contributed by atoms with E-state index in [0.29, 0.717) is 36.5 Å². The Kier molecular flexibility index (Phi) is 3.90. The Bertz CT molecular complexity index is 705. The van der Waals surface area contributed by atoms with E-state index in [1.165, 1.54) is 0 Å². The Morgan fingerprint density at radius 2 is 2.10 bits per heavy atom. The molecule has 1 aliphatic rings. The first kappa shape index (κ1) is 14.0. The highest BCUT2D eigenvalue weighted by Crippen LogP contribution is 2.17. The van der Waals surface area contributed by atoms with Crippen LogP contribution >= 0.6 is 0 Å². The van der Waals surface area contributed by atoms with Crippen molar-refractivity contribution in [1.29, 1.82) is 0 Å². The van der Waals surface area contributed by atoms with Crippen molar-refractivity contribution < 1.29 is 9.47 Å². The lowest BCUT2D eigenvalue weighted by atomic mass is 10.2. The molecular weight excluding hydrogens is 270 g/mol. The number of morpholine rings is 1. The van der Waals surface area contributed by atoms with Gasteiger partial charge in [0.1, 0.15) is 11.6 Å². The predicted octanol–water partition coefficient (Wildman–Crippen LogP) is 1.00. The van der Waals surface area contributed by atoms with Crippen molar-refractivity contribution >= 4 is 10.9 Å². The minimum absolute atomic E-state index is 0.0251. The van der Waals surface area contributed by atoms with Gasteiger partial charge in [-0.2, -0.15) is 0 Å². The topological polar surface area (TPSA) is 56.6 Å². The third-order valence-corrected chi connectivity index (χ3v) is 3.80. The number of hydrogen-bond donors (Lipinski definition) is 0. The average molecular weight is 289 g/mol. The first-order valence-electron chi connectivity index (χ1n) is 7.04. The van der Waals surface area contributed by atoms with Crippen LogP contribution in [0.25, 0.3) is 10.9 Å². The molecule has 2 heterocycles. The Labute approximate surface area is 122 Å². The van der Waals surface area contributed by atoms with Crippen LogP contribution in [-0.2, 0) is 11.4 Å². The molecule has 2 aromatic rings. The summed E-state index contributed by atoms with van der Waals surface area (Å²) in [4.78, 5) is 19.4. The van der Waals surface area contributed by atoms with Crippen LogP contribution in [0.1, 0.15) is 5.82 Å². The van der Waals surface area contributed by atoms with Gasteiger partial charge in [-0.25, -0.2) is 4.98 Å². The zero-order valence-corrected chi connectivity index (χ0v) is 12.3. The number of nitrogens with zero attached hydrogens (tertiary/aromatic N) is 3. The van der Waals surface area contributed by atoms with Gasteiger partial charge in [0.2, 0.25) is 0 Å². The van der Waals surface area contributed by atoms with E-state index < -0.39 is 0 Å². The summed E-state index contributed by atoms with van der Waals surface area (Å²) >= 11 is 0. The summed E-state index contributed by atoms with van der Waals surface area (Å²) in [6.45, 7) is 5.51. The summed E-state index contributed by atoms with van der Waals surface area (Å²) in [5.74, 6) is 1.40. The van der Waals surface area contributed by atoms with Crippen LogP contribution in [0.3, 0.4) is 0 Å². The second-order valence-electron chi connectivity index (χ2n) is 5.15. The fraction of sp³-hybridized carbons (Fsp3) is 0.467. The van der Waals surface area contributed by atoms with Crippen molar-refractivity contribution in [3.63, 3.8) is 0 Å². The molecule has 0 unspecified atom stereocenters. The van der Waals surface area contributed by atoms with Crippen LogP contribution in [0.2, 0.25) is 0 Å². The number of aromatic nitrogens is 2. The Balaban J connectivity index is 2.02. The summed E-state index contributed by atoms with van der Waals surface area (Å²) in [6.07, 6.45) is 0. The van der Waals surface area contributed by atoms with Gasteiger partial charge in [-0.05, 0) is 25.1 Å². The van der Waals surface area contributed by atoms with Crippen molar-refractivity contribution in [2.24, 2.45) is 0 Å². The molecule has 0 spiro atoms. The SMILES string of the molecule is COc1ccc2nc(C)n(CN3CCOCC3)c(=O)c2c1. The number of benzene rings is 1. The third kappa shape index (κ3) is 2.77. The lowest BCUT2D eigenvalue weighted by Gasteiger charge is -2.27. The largest absolute Gasteiger partial charge is 0.497 e. The molecule has 6 heteroatoms.